The minimum atomic E-state index is -6.01. The molecule has 4 rings (SSSR count). The zero-order valence-electron chi connectivity index (χ0n) is 33.4. The molecule has 4 aliphatic rings. The van der Waals surface area contributed by atoms with Crippen LogP contribution in [0.1, 0.15) is 0 Å². The maximum atomic E-state index is 12.7. The average molecular weight is 1150 g/mol. The summed E-state index contributed by atoms with van der Waals surface area (Å²) in [7, 11) is -34.1. The van der Waals surface area contributed by atoms with Crippen molar-refractivity contribution in [3.63, 3.8) is 0 Å². The van der Waals surface area contributed by atoms with Crippen LogP contribution in [0, 0.1) is 0 Å². The van der Waals surface area contributed by atoms with Crippen LogP contribution in [0.5, 0.6) is 0 Å². The van der Waals surface area contributed by atoms with Gasteiger partial charge in [-0.15, -0.1) is 0 Å². The standard InChI is InChI=1S/C24H38N2O38S6/c27-4-1-5(19(31)32)57-23(13(4)63-69(48,49)50)59-15-7(3-55-68(45,46)47)58-22(9(11(15)29)26-66(39,40)41)61-16-12(30)17(64-70(51,52)53)24(62-18(16)20(33)34)60-14-6(2-54-67(42,43)44)56-21(35)8(10(14)28)25-65(36,37)38/h1,5-18,21-30,35H,2-3H2,(H,31,32)(H,33,34)(H,36,37,38)(H,39,40,41)(H,42,43,44)(H,45,46,47)(H,48,49,50)(H,51,52,53)/t5-,6+,7+,8+,9+,10+,11+,12-,13+,14+,15+,16-,17+,18+,21?,22+,23-,24+/m0/s1. The van der Waals surface area contributed by atoms with Gasteiger partial charge in [0.1, 0.15) is 66.7 Å². The van der Waals surface area contributed by atoms with Gasteiger partial charge in [-0.1, -0.05) is 0 Å². The molecule has 40 nitrogen and oxygen atoms in total. The van der Waals surface area contributed by atoms with E-state index in [1.807, 2.05) is 0 Å². The number of carboxylic acid groups (broad SMARTS) is 2. The van der Waals surface area contributed by atoms with E-state index in [4.69, 9.17) is 37.7 Å². The average Bonchev–Trinajstić information content (AvgIpc) is 3.16. The molecule has 3 saturated heterocycles. The highest BCUT2D eigenvalue weighted by atomic mass is 32.3. The molecule has 15 N–H and O–H groups in total. The molecule has 0 bridgehead atoms. The van der Waals surface area contributed by atoms with Gasteiger partial charge < -0.3 is 68.9 Å². The number of hydrogen-bond donors (Lipinski definition) is 15. The van der Waals surface area contributed by atoms with E-state index in [2.05, 4.69) is 16.7 Å². The molecule has 408 valence electrons. The van der Waals surface area contributed by atoms with Gasteiger partial charge in [0.25, 0.3) is 0 Å². The molecular weight excluding hydrogens is 1120 g/mol. The van der Waals surface area contributed by atoms with Crippen LogP contribution in [0.4, 0.5) is 0 Å². The Morgan fingerprint density at radius 1 is 0.529 bits per heavy atom. The number of carboxylic acids is 2. The monoisotopic (exact) mass is 1150 g/mol. The predicted octanol–water partition coefficient (Wildman–Crippen LogP) is -9.74. The topological polar surface area (TPSA) is 628 Å². The molecule has 4 heterocycles. The summed E-state index contributed by atoms with van der Waals surface area (Å²) in [6, 6.07) is -5.30. The summed E-state index contributed by atoms with van der Waals surface area (Å²) in [5, 5.41) is 74.3. The molecule has 46 heteroatoms. The van der Waals surface area contributed by atoms with Crippen molar-refractivity contribution < 1.29 is 173 Å². The molecule has 0 aromatic heterocycles. The van der Waals surface area contributed by atoms with E-state index in [9.17, 15) is 119 Å². The first kappa shape index (κ1) is 59.8. The van der Waals surface area contributed by atoms with Gasteiger partial charge in [-0.3, -0.25) is 27.3 Å². The van der Waals surface area contributed by atoms with Crippen LogP contribution in [0.25, 0.3) is 0 Å². The number of aliphatic hydroxyl groups excluding tert-OH is 5. The van der Waals surface area contributed by atoms with Gasteiger partial charge in [-0.2, -0.15) is 60.0 Å². The zero-order chi connectivity index (χ0) is 53.4. The van der Waals surface area contributed by atoms with E-state index >= 15 is 0 Å². The van der Waals surface area contributed by atoms with Gasteiger partial charge in [0.05, 0.1) is 13.2 Å². The maximum Gasteiger partial charge on any atom is 0.398 e. The van der Waals surface area contributed by atoms with E-state index in [1.54, 1.807) is 0 Å². The lowest BCUT2D eigenvalue weighted by Crippen LogP contribution is -2.70. The Morgan fingerprint density at radius 2 is 0.986 bits per heavy atom. The molecule has 1 unspecified atom stereocenters. The summed E-state index contributed by atoms with van der Waals surface area (Å²) in [6.45, 7) is -3.27. The van der Waals surface area contributed by atoms with Crippen molar-refractivity contribution in [2.45, 2.75) is 110 Å². The zero-order valence-corrected chi connectivity index (χ0v) is 38.3. The lowest BCUT2D eigenvalue weighted by molar-refractivity contribution is -0.362. The number of aliphatic hydroxyl groups is 5. The first-order valence-electron chi connectivity index (χ1n) is 17.8. The van der Waals surface area contributed by atoms with E-state index in [0.717, 1.165) is 0 Å². The summed E-state index contributed by atoms with van der Waals surface area (Å²) in [5.41, 5.74) is 0. The highest BCUT2D eigenvalue weighted by Crippen LogP contribution is 2.36. The van der Waals surface area contributed by atoms with Crippen LogP contribution < -0.4 is 9.44 Å². The van der Waals surface area contributed by atoms with Crippen molar-refractivity contribution in [2.75, 3.05) is 13.2 Å². The third-order valence-electron chi connectivity index (χ3n) is 9.18. The molecule has 70 heavy (non-hydrogen) atoms. The maximum absolute atomic E-state index is 12.7. The van der Waals surface area contributed by atoms with Crippen molar-refractivity contribution in [1.29, 1.82) is 0 Å². The summed E-state index contributed by atoms with van der Waals surface area (Å²) in [4.78, 5) is 24.4. The summed E-state index contributed by atoms with van der Waals surface area (Å²) >= 11 is 0. The van der Waals surface area contributed by atoms with E-state index in [1.165, 1.54) is 9.44 Å². The highest BCUT2D eigenvalue weighted by Gasteiger charge is 2.59. The van der Waals surface area contributed by atoms with Gasteiger partial charge >= 0.3 is 74.1 Å². The Bertz CT molecular complexity index is 2610. The van der Waals surface area contributed by atoms with Crippen LogP contribution in [-0.4, -0.2) is 249 Å². The molecule has 4 aliphatic heterocycles. The fourth-order valence-corrected chi connectivity index (χ4v) is 9.32. The highest BCUT2D eigenvalue weighted by molar-refractivity contribution is 7.84. The van der Waals surface area contributed by atoms with Gasteiger partial charge in [-0.05, 0) is 6.08 Å². The predicted molar refractivity (Wildman–Crippen MR) is 200 cm³/mol. The lowest BCUT2D eigenvalue weighted by Gasteiger charge is -2.49. The minimum Gasteiger partial charge on any atom is -0.509 e. The molecule has 3 fully saturated rings. The molecule has 0 aromatic carbocycles. The fourth-order valence-electron chi connectivity index (χ4n) is 6.58. The van der Waals surface area contributed by atoms with E-state index in [0.29, 0.717) is 0 Å². The van der Waals surface area contributed by atoms with E-state index < -0.39 is 204 Å². The molecule has 0 aromatic rings. The normalized spacial score (nSPS) is 37.3. The number of ether oxygens (including phenoxy) is 7. The van der Waals surface area contributed by atoms with Gasteiger partial charge in [0.15, 0.2) is 49.6 Å². The molecule has 0 amide bonds. The molecule has 0 radical (unpaired) electrons. The number of rotatable bonds is 22. The van der Waals surface area contributed by atoms with Gasteiger partial charge in [0, 0.05) is 0 Å². The first-order chi connectivity index (χ1) is 31.6. The largest absolute Gasteiger partial charge is 0.509 e. The molecule has 18 atom stereocenters. The van der Waals surface area contributed by atoms with Crippen molar-refractivity contribution >= 4 is 74.1 Å². The van der Waals surface area contributed by atoms with E-state index in [-0.39, 0.29) is 6.08 Å². The third kappa shape index (κ3) is 17.2. The van der Waals surface area contributed by atoms with Crippen LogP contribution in [0.2, 0.25) is 0 Å². The van der Waals surface area contributed by atoms with Crippen molar-refractivity contribution in [3.8, 4) is 0 Å². The van der Waals surface area contributed by atoms with Crippen molar-refractivity contribution in [1.82, 2.24) is 9.44 Å². The van der Waals surface area contributed by atoms with Crippen molar-refractivity contribution in [2.24, 2.45) is 0 Å². The second kappa shape index (κ2) is 22.4. The van der Waals surface area contributed by atoms with Gasteiger partial charge in [-0.25, -0.2) is 26.3 Å². The minimum absolute atomic E-state index is 0.270. The Labute approximate surface area is 391 Å². The van der Waals surface area contributed by atoms with Crippen LogP contribution in [0.15, 0.2) is 11.8 Å². The lowest BCUT2D eigenvalue weighted by atomic mass is 9.95. The first-order valence-corrected chi connectivity index (χ1v) is 26.2. The fraction of sp³-hybridized carbons (Fsp3) is 0.833. The second-order valence-corrected chi connectivity index (χ2v) is 20.7. The summed E-state index contributed by atoms with van der Waals surface area (Å²) in [6.07, 6.45) is -43.9. The Hall–Kier alpha value is -2.74. The molecule has 0 aliphatic carbocycles. The quantitative estimate of drug-likeness (QED) is 0.0448. The molecule has 0 spiro atoms. The van der Waals surface area contributed by atoms with Crippen LogP contribution in [-0.2, 0) is 122 Å². The summed E-state index contributed by atoms with van der Waals surface area (Å²) < 4.78 is 253. The Morgan fingerprint density at radius 3 is 1.44 bits per heavy atom. The number of nitrogens with one attached hydrogen (secondary N) is 2. The Balaban J connectivity index is 1.80. The summed E-state index contributed by atoms with van der Waals surface area (Å²) in [5.74, 6) is -5.77. The third-order valence-corrected chi connectivity index (χ3v) is 12.1. The van der Waals surface area contributed by atoms with Crippen molar-refractivity contribution in [3.05, 3.63) is 11.8 Å². The number of hydrogen-bond acceptors (Lipinski definition) is 30. The second-order valence-electron chi connectivity index (χ2n) is 14.1. The van der Waals surface area contributed by atoms with Gasteiger partial charge in [0.2, 0.25) is 0 Å². The smallest absolute Gasteiger partial charge is 0.398 e. The van der Waals surface area contributed by atoms with Crippen LogP contribution in [0.3, 0.4) is 0 Å². The Kier molecular flexibility index (Phi) is 19.1. The SMILES string of the molecule is O=C(O)[C@@H]1C=C(O)[C@@H](OS(=O)(=O)O)[C@H](O[C@H]2[C@H](O)[C@@H](NS(=O)(=O)O)[C@@H](O[C@H]3[C@H](O)[C@@H](OS(=O)(=O)O)[C@H](O[C@H]4[C@H](O)[C@@H](NS(=O)(=O)O)C(O)O[C@@H]4COS(=O)(=O)O)O[C@H]3C(=O)O)O[C@@H]2COS(=O)(=O)O)O1. The number of carbonyl (C=O) groups is 2. The molecule has 0 saturated carbocycles. The molecular formula is C24H38N2O38S6. The number of aliphatic carboxylic acids is 2. The van der Waals surface area contributed by atoms with Crippen LogP contribution >= 0.6 is 0 Å².